The average Bonchev–Trinajstić information content (AvgIpc) is 2.96. The van der Waals surface area contributed by atoms with Gasteiger partial charge in [-0.3, -0.25) is 4.79 Å². The summed E-state index contributed by atoms with van der Waals surface area (Å²) >= 11 is 0. The summed E-state index contributed by atoms with van der Waals surface area (Å²) in [4.78, 5) is 17.0. The summed E-state index contributed by atoms with van der Waals surface area (Å²) < 4.78 is 5.40. The lowest BCUT2D eigenvalue weighted by Crippen LogP contribution is -2.36. The fraction of sp³-hybridized carbons (Fsp3) is 0.611. The molecule has 5 nitrogen and oxygen atoms in total. The zero-order valence-electron chi connectivity index (χ0n) is 13.9. The molecule has 1 amide bonds. The number of ether oxygens (including phenoxy) is 1. The second-order valence-corrected chi connectivity index (χ2v) is 6.57. The fourth-order valence-corrected chi connectivity index (χ4v) is 3.58. The Morgan fingerprint density at radius 1 is 1.30 bits per heavy atom. The van der Waals surface area contributed by atoms with Crippen molar-refractivity contribution >= 4 is 11.6 Å². The Balaban J connectivity index is 1.70. The van der Waals surface area contributed by atoms with E-state index in [1.807, 2.05) is 23.1 Å². The number of likely N-dealkylation sites (tertiary alicyclic amines) is 1. The summed E-state index contributed by atoms with van der Waals surface area (Å²) in [5.41, 5.74) is 8.07. The number of amides is 1. The summed E-state index contributed by atoms with van der Waals surface area (Å²) in [6.07, 6.45) is 2.21. The summed E-state index contributed by atoms with van der Waals surface area (Å²) in [7, 11) is 0. The van der Waals surface area contributed by atoms with Gasteiger partial charge in [0.15, 0.2) is 0 Å². The maximum absolute atomic E-state index is 12.8. The van der Waals surface area contributed by atoms with Crippen molar-refractivity contribution in [1.29, 1.82) is 0 Å². The highest BCUT2D eigenvalue weighted by Crippen LogP contribution is 2.24. The zero-order chi connectivity index (χ0) is 16.2. The Labute approximate surface area is 138 Å². The Hall–Kier alpha value is -1.59. The normalized spacial score (nSPS) is 25.0. The van der Waals surface area contributed by atoms with Gasteiger partial charge in [-0.15, -0.1) is 0 Å². The van der Waals surface area contributed by atoms with E-state index in [9.17, 15) is 4.79 Å². The molecule has 0 unspecified atom stereocenters. The van der Waals surface area contributed by atoms with E-state index in [-0.39, 0.29) is 11.9 Å². The lowest BCUT2D eigenvalue weighted by atomic mass is 9.99. The monoisotopic (exact) mass is 317 g/mol. The first-order valence-electron chi connectivity index (χ1n) is 8.66. The van der Waals surface area contributed by atoms with Crippen LogP contribution in [-0.2, 0) is 4.74 Å². The molecule has 126 valence electrons. The molecule has 0 spiro atoms. The molecule has 2 aliphatic rings. The standard InChI is InChI=1S/C18H27N3O2/c1-2-4-15-12-21(13-17(15)19)18(22)14-5-3-6-16(11-14)20-7-9-23-10-8-20/h3,5-6,11,15,17H,2,4,7-10,12-13,19H2,1H3/t15-,17-/m1/s1. The molecule has 2 aliphatic heterocycles. The van der Waals surface area contributed by atoms with E-state index >= 15 is 0 Å². The van der Waals surface area contributed by atoms with Crippen molar-refractivity contribution in [2.24, 2.45) is 11.7 Å². The third kappa shape index (κ3) is 3.67. The van der Waals surface area contributed by atoms with E-state index in [1.165, 1.54) is 0 Å². The molecule has 0 aliphatic carbocycles. The van der Waals surface area contributed by atoms with Crippen molar-refractivity contribution in [2.75, 3.05) is 44.3 Å². The first-order chi connectivity index (χ1) is 11.2. The maximum Gasteiger partial charge on any atom is 0.253 e. The van der Waals surface area contributed by atoms with Crippen LogP contribution in [0, 0.1) is 5.92 Å². The third-order valence-electron chi connectivity index (χ3n) is 4.91. The number of rotatable bonds is 4. The maximum atomic E-state index is 12.8. The lowest BCUT2D eigenvalue weighted by Gasteiger charge is -2.29. The minimum absolute atomic E-state index is 0.106. The van der Waals surface area contributed by atoms with Crippen molar-refractivity contribution < 1.29 is 9.53 Å². The number of carbonyl (C=O) groups is 1. The first kappa shape index (κ1) is 16.3. The Bertz CT molecular complexity index is 543. The molecule has 2 fully saturated rings. The second kappa shape index (κ2) is 7.32. The quantitative estimate of drug-likeness (QED) is 0.919. The summed E-state index contributed by atoms with van der Waals surface area (Å²) in [5.74, 6) is 0.542. The van der Waals surface area contributed by atoms with E-state index in [0.717, 1.165) is 56.9 Å². The van der Waals surface area contributed by atoms with E-state index in [0.29, 0.717) is 12.5 Å². The molecule has 0 bridgehead atoms. The van der Waals surface area contributed by atoms with Crippen LogP contribution in [0.5, 0.6) is 0 Å². The molecule has 2 heterocycles. The molecule has 2 saturated heterocycles. The molecular weight excluding hydrogens is 290 g/mol. The van der Waals surface area contributed by atoms with Crippen LogP contribution in [0.25, 0.3) is 0 Å². The van der Waals surface area contributed by atoms with Crippen LogP contribution in [0.3, 0.4) is 0 Å². The SMILES string of the molecule is CCC[C@@H]1CN(C(=O)c2cccc(N3CCOCC3)c2)C[C@H]1N. The number of morpholine rings is 1. The molecule has 2 atom stereocenters. The third-order valence-corrected chi connectivity index (χ3v) is 4.91. The van der Waals surface area contributed by atoms with E-state index in [1.54, 1.807) is 0 Å². The summed E-state index contributed by atoms with van der Waals surface area (Å²) in [6, 6.07) is 8.06. The molecule has 0 saturated carbocycles. The molecule has 2 N–H and O–H groups in total. The minimum Gasteiger partial charge on any atom is -0.378 e. The predicted octanol–water partition coefficient (Wildman–Crippen LogP) is 1.72. The first-order valence-corrected chi connectivity index (χ1v) is 8.66. The van der Waals surface area contributed by atoms with Crippen molar-refractivity contribution in [3.8, 4) is 0 Å². The van der Waals surface area contributed by atoms with Crippen molar-refractivity contribution in [1.82, 2.24) is 4.90 Å². The van der Waals surface area contributed by atoms with Crippen LogP contribution < -0.4 is 10.6 Å². The largest absolute Gasteiger partial charge is 0.378 e. The van der Waals surface area contributed by atoms with Gasteiger partial charge in [-0.25, -0.2) is 0 Å². The van der Waals surface area contributed by atoms with E-state index in [2.05, 4.69) is 17.9 Å². The highest BCUT2D eigenvalue weighted by Gasteiger charge is 2.32. The molecular formula is C18H27N3O2. The topological polar surface area (TPSA) is 58.8 Å². The van der Waals surface area contributed by atoms with Crippen molar-refractivity contribution in [3.05, 3.63) is 29.8 Å². The zero-order valence-corrected chi connectivity index (χ0v) is 13.9. The number of hydrogen-bond acceptors (Lipinski definition) is 4. The summed E-state index contributed by atoms with van der Waals surface area (Å²) in [5, 5.41) is 0. The molecule has 3 rings (SSSR count). The van der Waals surface area contributed by atoms with Gasteiger partial charge in [-0.2, -0.15) is 0 Å². The lowest BCUT2D eigenvalue weighted by molar-refractivity contribution is 0.0785. The number of hydrogen-bond donors (Lipinski definition) is 1. The van der Waals surface area contributed by atoms with Crippen molar-refractivity contribution in [3.63, 3.8) is 0 Å². The number of benzene rings is 1. The molecule has 5 heteroatoms. The average molecular weight is 317 g/mol. The van der Waals surface area contributed by atoms with Gasteiger partial charge in [-0.1, -0.05) is 19.4 Å². The molecule has 1 aromatic carbocycles. The van der Waals surface area contributed by atoms with Gasteiger partial charge in [-0.05, 0) is 30.5 Å². The number of nitrogens with two attached hydrogens (primary N) is 1. The van der Waals surface area contributed by atoms with Crippen LogP contribution in [-0.4, -0.2) is 56.2 Å². The van der Waals surface area contributed by atoms with Gasteiger partial charge in [0.25, 0.3) is 5.91 Å². The predicted molar refractivity (Wildman–Crippen MR) is 91.8 cm³/mol. The fourth-order valence-electron chi connectivity index (χ4n) is 3.58. The van der Waals surface area contributed by atoms with Gasteiger partial charge in [0.2, 0.25) is 0 Å². The van der Waals surface area contributed by atoms with Crippen LogP contribution in [0.15, 0.2) is 24.3 Å². The number of carbonyl (C=O) groups excluding carboxylic acids is 1. The van der Waals surface area contributed by atoms with Gasteiger partial charge in [0.05, 0.1) is 13.2 Å². The van der Waals surface area contributed by atoms with Gasteiger partial charge >= 0.3 is 0 Å². The number of anilines is 1. The Kier molecular flexibility index (Phi) is 5.18. The van der Waals surface area contributed by atoms with Crippen LogP contribution in [0.1, 0.15) is 30.1 Å². The Morgan fingerprint density at radius 2 is 2.09 bits per heavy atom. The second-order valence-electron chi connectivity index (χ2n) is 6.57. The van der Waals surface area contributed by atoms with E-state index in [4.69, 9.17) is 10.5 Å². The molecule has 1 aromatic rings. The highest BCUT2D eigenvalue weighted by atomic mass is 16.5. The molecule has 23 heavy (non-hydrogen) atoms. The Morgan fingerprint density at radius 3 is 2.83 bits per heavy atom. The molecule has 0 radical (unpaired) electrons. The van der Waals surface area contributed by atoms with Gasteiger partial charge in [0.1, 0.15) is 0 Å². The minimum atomic E-state index is 0.106. The summed E-state index contributed by atoms with van der Waals surface area (Å²) in [6.45, 7) is 6.88. The van der Waals surface area contributed by atoms with Crippen LogP contribution >= 0.6 is 0 Å². The van der Waals surface area contributed by atoms with Crippen molar-refractivity contribution in [2.45, 2.75) is 25.8 Å². The smallest absolute Gasteiger partial charge is 0.253 e. The highest BCUT2D eigenvalue weighted by molar-refractivity contribution is 5.95. The van der Waals surface area contributed by atoms with Gasteiger partial charge in [0, 0.05) is 43.5 Å². The molecule has 0 aromatic heterocycles. The van der Waals surface area contributed by atoms with E-state index < -0.39 is 0 Å². The van der Waals surface area contributed by atoms with Gasteiger partial charge < -0.3 is 20.3 Å². The number of nitrogens with zero attached hydrogens (tertiary/aromatic N) is 2. The van der Waals surface area contributed by atoms with Crippen LogP contribution in [0.4, 0.5) is 5.69 Å². The van der Waals surface area contributed by atoms with Crippen LogP contribution in [0.2, 0.25) is 0 Å².